The van der Waals surface area contributed by atoms with Crippen molar-refractivity contribution in [1.82, 2.24) is 19.7 Å². The minimum Gasteiger partial charge on any atom is -0.343 e. The van der Waals surface area contributed by atoms with Gasteiger partial charge in [0.15, 0.2) is 11.5 Å². The lowest BCUT2D eigenvalue weighted by Gasteiger charge is -2.07. The van der Waals surface area contributed by atoms with E-state index in [1.54, 1.807) is 31.0 Å². The van der Waals surface area contributed by atoms with E-state index in [4.69, 9.17) is 0 Å². The summed E-state index contributed by atoms with van der Waals surface area (Å²) in [5.74, 6) is 0.566. The van der Waals surface area contributed by atoms with Crippen LogP contribution in [0.3, 0.4) is 0 Å². The molecule has 0 saturated heterocycles. The van der Waals surface area contributed by atoms with Gasteiger partial charge >= 0.3 is 0 Å². The fourth-order valence-corrected chi connectivity index (χ4v) is 1.67. The molecule has 0 aliphatic heterocycles. The summed E-state index contributed by atoms with van der Waals surface area (Å²) in [4.78, 5) is 17.6. The summed E-state index contributed by atoms with van der Waals surface area (Å²) in [7, 11) is 3.40. The molecule has 94 valence electrons. The lowest BCUT2D eigenvalue weighted by Crippen LogP contribution is -2.22. The number of nitrogens with zero attached hydrogens (tertiary/aromatic N) is 4. The van der Waals surface area contributed by atoms with E-state index in [2.05, 4.69) is 26.0 Å². The van der Waals surface area contributed by atoms with Gasteiger partial charge in [0.2, 0.25) is 0 Å². The van der Waals surface area contributed by atoms with E-state index >= 15 is 0 Å². The molecule has 2 aromatic rings. The molecule has 0 fully saturated rings. The fourth-order valence-electron chi connectivity index (χ4n) is 1.45. The third-order valence-corrected chi connectivity index (χ3v) is 3.29. The molecular weight excluding hydrogens is 296 g/mol. The maximum atomic E-state index is 11.7. The Morgan fingerprint density at radius 2 is 2.06 bits per heavy atom. The van der Waals surface area contributed by atoms with Crippen LogP contribution >= 0.6 is 15.9 Å². The largest absolute Gasteiger partial charge is 0.343 e. The quantitative estimate of drug-likeness (QED) is 0.853. The summed E-state index contributed by atoms with van der Waals surface area (Å²) in [5, 5.41) is 4.22. The summed E-state index contributed by atoms with van der Waals surface area (Å²) >= 11 is 3.40. The van der Waals surface area contributed by atoms with E-state index < -0.39 is 0 Å². The molecule has 6 heteroatoms. The first-order valence-electron chi connectivity index (χ1n) is 5.40. The molecule has 0 aromatic carbocycles. The van der Waals surface area contributed by atoms with Gasteiger partial charge < -0.3 is 4.90 Å². The predicted molar refractivity (Wildman–Crippen MR) is 71.8 cm³/mol. The van der Waals surface area contributed by atoms with E-state index in [0.29, 0.717) is 11.5 Å². The number of amides is 1. The van der Waals surface area contributed by atoms with Crippen molar-refractivity contribution < 1.29 is 4.79 Å². The van der Waals surface area contributed by atoms with Gasteiger partial charge in [-0.15, -0.1) is 0 Å². The van der Waals surface area contributed by atoms with E-state index in [9.17, 15) is 4.79 Å². The van der Waals surface area contributed by atoms with Crippen molar-refractivity contribution in [2.45, 2.75) is 6.92 Å². The molecule has 0 bridgehead atoms. The third-order valence-electron chi connectivity index (χ3n) is 2.46. The number of pyridine rings is 1. The highest BCUT2D eigenvalue weighted by atomic mass is 79.9. The van der Waals surface area contributed by atoms with Crippen LogP contribution in [0.1, 0.15) is 16.2 Å². The Hall–Kier alpha value is -1.69. The molecular formula is C12H13BrN4O. The standard InChI is InChI=1S/C12H13BrN4O/c1-8-9(13)4-5-11(14-8)17-7-6-10(15-17)12(18)16(2)3/h4-7H,1-3H3. The van der Waals surface area contributed by atoms with Gasteiger partial charge in [-0.3, -0.25) is 4.79 Å². The molecule has 0 atom stereocenters. The van der Waals surface area contributed by atoms with Crippen molar-refractivity contribution in [1.29, 1.82) is 0 Å². The van der Waals surface area contributed by atoms with Gasteiger partial charge in [0.1, 0.15) is 0 Å². The molecule has 0 aliphatic rings. The van der Waals surface area contributed by atoms with Crippen LogP contribution in [-0.4, -0.2) is 39.7 Å². The second-order valence-electron chi connectivity index (χ2n) is 4.08. The van der Waals surface area contributed by atoms with Crippen molar-refractivity contribution in [3.05, 3.63) is 40.3 Å². The van der Waals surface area contributed by atoms with Crippen LogP contribution < -0.4 is 0 Å². The van der Waals surface area contributed by atoms with Crippen LogP contribution in [0.4, 0.5) is 0 Å². The Balaban J connectivity index is 2.35. The Bertz CT molecular complexity index is 592. The highest BCUT2D eigenvalue weighted by molar-refractivity contribution is 9.10. The first-order valence-corrected chi connectivity index (χ1v) is 6.19. The molecule has 0 spiro atoms. The molecule has 0 aliphatic carbocycles. The van der Waals surface area contributed by atoms with Gasteiger partial charge in [-0.05, 0) is 41.1 Å². The highest BCUT2D eigenvalue weighted by Crippen LogP contribution is 2.15. The van der Waals surface area contributed by atoms with Gasteiger partial charge in [0.25, 0.3) is 5.91 Å². The van der Waals surface area contributed by atoms with E-state index in [0.717, 1.165) is 10.2 Å². The zero-order chi connectivity index (χ0) is 13.3. The predicted octanol–water partition coefficient (Wildman–Crippen LogP) is 2.04. The van der Waals surface area contributed by atoms with E-state index in [1.165, 1.54) is 4.90 Å². The maximum absolute atomic E-state index is 11.7. The molecule has 1 amide bonds. The van der Waals surface area contributed by atoms with Gasteiger partial charge in [0.05, 0.1) is 5.69 Å². The Morgan fingerprint density at radius 1 is 1.33 bits per heavy atom. The van der Waals surface area contributed by atoms with Crippen LogP contribution in [0, 0.1) is 6.92 Å². The molecule has 0 saturated carbocycles. The van der Waals surface area contributed by atoms with E-state index in [-0.39, 0.29) is 5.91 Å². The average Bonchev–Trinajstić information content (AvgIpc) is 2.81. The molecule has 0 radical (unpaired) electrons. The lowest BCUT2D eigenvalue weighted by atomic mass is 10.4. The molecule has 2 rings (SSSR count). The third kappa shape index (κ3) is 2.43. The average molecular weight is 309 g/mol. The van der Waals surface area contributed by atoms with Crippen molar-refractivity contribution in [3.8, 4) is 5.82 Å². The maximum Gasteiger partial charge on any atom is 0.273 e. The summed E-state index contributed by atoms with van der Waals surface area (Å²) in [6, 6.07) is 5.43. The van der Waals surface area contributed by atoms with Crippen molar-refractivity contribution in [2.75, 3.05) is 14.1 Å². The number of hydrogen-bond donors (Lipinski definition) is 0. The van der Waals surface area contributed by atoms with Crippen LogP contribution in [0.15, 0.2) is 28.9 Å². The van der Waals surface area contributed by atoms with Crippen molar-refractivity contribution in [3.63, 3.8) is 0 Å². The summed E-state index contributed by atoms with van der Waals surface area (Å²) in [5.41, 5.74) is 1.28. The van der Waals surface area contributed by atoms with Gasteiger partial charge in [-0.2, -0.15) is 5.10 Å². The van der Waals surface area contributed by atoms with Crippen LogP contribution in [0.25, 0.3) is 5.82 Å². The Kier molecular flexibility index (Phi) is 3.47. The normalized spacial score (nSPS) is 10.4. The summed E-state index contributed by atoms with van der Waals surface area (Å²) in [6.45, 7) is 1.91. The second-order valence-corrected chi connectivity index (χ2v) is 4.94. The SMILES string of the molecule is Cc1nc(-n2ccc(C(=O)N(C)C)n2)ccc1Br. The molecule has 0 N–H and O–H groups in total. The Labute approximate surface area is 114 Å². The molecule has 2 aromatic heterocycles. The zero-order valence-corrected chi connectivity index (χ0v) is 12.0. The lowest BCUT2D eigenvalue weighted by molar-refractivity contribution is 0.0821. The van der Waals surface area contributed by atoms with Gasteiger partial charge in [-0.25, -0.2) is 9.67 Å². The number of halogens is 1. The number of hydrogen-bond acceptors (Lipinski definition) is 3. The second kappa shape index (κ2) is 4.89. The summed E-state index contributed by atoms with van der Waals surface area (Å²) < 4.78 is 2.54. The van der Waals surface area contributed by atoms with Gasteiger partial charge in [0, 0.05) is 24.8 Å². The number of carbonyl (C=O) groups excluding carboxylic acids is 1. The van der Waals surface area contributed by atoms with Crippen LogP contribution in [0.5, 0.6) is 0 Å². The van der Waals surface area contributed by atoms with E-state index in [1.807, 2.05) is 19.1 Å². The van der Waals surface area contributed by atoms with Crippen LogP contribution in [-0.2, 0) is 0 Å². The van der Waals surface area contributed by atoms with Crippen molar-refractivity contribution in [2.24, 2.45) is 0 Å². The molecule has 0 unspecified atom stereocenters. The monoisotopic (exact) mass is 308 g/mol. The smallest absolute Gasteiger partial charge is 0.273 e. The topological polar surface area (TPSA) is 51.0 Å². The minimum atomic E-state index is -0.123. The first-order chi connectivity index (χ1) is 8.49. The first kappa shape index (κ1) is 12.8. The number of carbonyl (C=O) groups is 1. The minimum absolute atomic E-state index is 0.123. The Morgan fingerprint density at radius 3 is 2.67 bits per heavy atom. The number of aryl methyl sites for hydroxylation is 1. The molecule has 5 nitrogen and oxygen atoms in total. The summed E-state index contributed by atoms with van der Waals surface area (Å²) in [6.07, 6.45) is 1.73. The molecule has 18 heavy (non-hydrogen) atoms. The zero-order valence-electron chi connectivity index (χ0n) is 10.4. The highest BCUT2D eigenvalue weighted by Gasteiger charge is 2.12. The fraction of sp³-hybridized carbons (Fsp3) is 0.250. The number of aromatic nitrogens is 3. The van der Waals surface area contributed by atoms with Gasteiger partial charge in [-0.1, -0.05) is 0 Å². The van der Waals surface area contributed by atoms with Crippen LogP contribution in [0.2, 0.25) is 0 Å². The molecule has 2 heterocycles. The number of rotatable bonds is 2. The van der Waals surface area contributed by atoms with Crippen molar-refractivity contribution >= 4 is 21.8 Å².